The second kappa shape index (κ2) is 8.73. The van der Waals surface area contributed by atoms with E-state index in [4.69, 9.17) is 4.74 Å². The molecule has 9 heteroatoms. The highest BCUT2D eigenvalue weighted by atomic mass is 79.9. The van der Waals surface area contributed by atoms with E-state index >= 15 is 0 Å². The van der Waals surface area contributed by atoms with Gasteiger partial charge in [0.05, 0.1) is 23.0 Å². The predicted octanol–water partition coefficient (Wildman–Crippen LogP) is 4.43. The van der Waals surface area contributed by atoms with Crippen LogP contribution in [0.3, 0.4) is 0 Å². The number of sulfonamides is 1. The third kappa shape index (κ3) is 5.00. The minimum absolute atomic E-state index is 0.0619. The Morgan fingerprint density at radius 2 is 1.66 bits per heavy atom. The molecule has 0 aliphatic heterocycles. The standard InChI is InChI=1S/C20H17BrN2O5S/c1-28-18-4-2-3-15(13-18)20(14-5-7-16(21)8-6-14)22-29(26,27)19-11-9-17(10-12-19)23(24)25/h2-13,20,22H,1H3/t20-/m1/s1. The van der Waals surface area contributed by atoms with E-state index in [9.17, 15) is 18.5 Å². The summed E-state index contributed by atoms with van der Waals surface area (Å²) in [6.07, 6.45) is 0. The van der Waals surface area contributed by atoms with Crippen LogP contribution < -0.4 is 9.46 Å². The highest BCUT2D eigenvalue weighted by Gasteiger charge is 2.24. The minimum atomic E-state index is -3.95. The van der Waals surface area contributed by atoms with Gasteiger partial charge in [0.25, 0.3) is 5.69 Å². The van der Waals surface area contributed by atoms with Crippen LogP contribution in [0.1, 0.15) is 17.2 Å². The Morgan fingerprint density at radius 3 is 2.24 bits per heavy atom. The number of ether oxygens (including phenoxy) is 1. The number of benzene rings is 3. The number of nitrogens with one attached hydrogen (secondary N) is 1. The molecule has 1 N–H and O–H groups in total. The Balaban J connectivity index is 2.01. The van der Waals surface area contributed by atoms with E-state index in [-0.39, 0.29) is 10.6 Å². The van der Waals surface area contributed by atoms with Crippen molar-refractivity contribution in [3.63, 3.8) is 0 Å². The van der Waals surface area contributed by atoms with Gasteiger partial charge in [0, 0.05) is 16.6 Å². The van der Waals surface area contributed by atoms with Crippen LogP contribution >= 0.6 is 15.9 Å². The lowest BCUT2D eigenvalue weighted by molar-refractivity contribution is -0.384. The fraction of sp³-hybridized carbons (Fsp3) is 0.100. The van der Waals surface area contributed by atoms with Crippen LogP contribution in [0.15, 0.2) is 82.2 Å². The molecule has 0 radical (unpaired) electrons. The molecule has 3 rings (SSSR count). The molecule has 0 aliphatic rings. The van der Waals surface area contributed by atoms with Gasteiger partial charge >= 0.3 is 0 Å². The summed E-state index contributed by atoms with van der Waals surface area (Å²) in [5.74, 6) is 0.596. The predicted molar refractivity (Wildman–Crippen MR) is 112 cm³/mol. The van der Waals surface area contributed by atoms with Gasteiger partial charge in [-0.1, -0.05) is 40.2 Å². The van der Waals surface area contributed by atoms with Crippen LogP contribution in [0.4, 0.5) is 5.69 Å². The number of rotatable bonds is 7. The first-order valence-corrected chi connectivity index (χ1v) is 10.7. The molecular weight excluding hydrogens is 460 g/mol. The number of nitro groups is 1. The Labute approximate surface area is 176 Å². The number of nitrogens with zero attached hydrogens (tertiary/aromatic N) is 1. The van der Waals surface area contributed by atoms with Crippen molar-refractivity contribution in [2.75, 3.05) is 7.11 Å². The van der Waals surface area contributed by atoms with E-state index in [0.29, 0.717) is 11.3 Å². The van der Waals surface area contributed by atoms with Crippen molar-refractivity contribution in [3.8, 4) is 5.75 Å². The third-order valence-electron chi connectivity index (χ3n) is 4.26. The van der Waals surface area contributed by atoms with Gasteiger partial charge in [-0.3, -0.25) is 10.1 Å². The Kier molecular flexibility index (Phi) is 6.31. The second-order valence-corrected chi connectivity index (χ2v) is 8.76. The lowest BCUT2D eigenvalue weighted by atomic mass is 9.99. The summed E-state index contributed by atoms with van der Waals surface area (Å²) in [5.41, 5.74) is 1.24. The molecule has 3 aromatic rings. The summed E-state index contributed by atoms with van der Waals surface area (Å²) in [4.78, 5) is 10.2. The van der Waals surface area contributed by atoms with Crippen LogP contribution in [0.25, 0.3) is 0 Å². The van der Waals surface area contributed by atoms with Gasteiger partial charge in [0.2, 0.25) is 10.0 Å². The highest BCUT2D eigenvalue weighted by Crippen LogP contribution is 2.28. The van der Waals surface area contributed by atoms with Gasteiger partial charge in [-0.05, 0) is 47.5 Å². The maximum absolute atomic E-state index is 13.0. The van der Waals surface area contributed by atoms with E-state index in [0.717, 1.165) is 22.2 Å². The lowest BCUT2D eigenvalue weighted by Crippen LogP contribution is -2.29. The summed E-state index contributed by atoms with van der Waals surface area (Å²) in [6.45, 7) is 0. The summed E-state index contributed by atoms with van der Waals surface area (Å²) < 4.78 is 34.8. The first-order chi connectivity index (χ1) is 13.8. The molecule has 0 aliphatic carbocycles. The van der Waals surface area contributed by atoms with Crippen LogP contribution in [-0.4, -0.2) is 20.5 Å². The molecule has 0 amide bonds. The van der Waals surface area contributed by atoms with E-state index in [1.807, 2.05) is 24.3 Å². The number of nitro benzene ring substituents is 1. The maximum Gasteiger partial charge on any atom is 0.269 e. The summed E-state index contributed by atoms with van der Waals surface area (Å²) in [7, 11) is -2.42. The van der Waals surface area contributed by atoms with Gasteiger partial charge < -0.3 is 4.74 Å². The third-order valence-corrected chi connectivity index (χ3v) is 6.23. The first kappa shape index (κ1) is 21.0. The van der Waals surface area contributed by atoms with Gasteiger partial charge in [-0.25, -0.2) is 8.42 Å². The fourth-order valence-corrected chi connectivity index (χ4v) is 4.25. The van der Waals surface area contributed by atoms with Crippen molar-refractivity contribution in [3.05, 3.63) is 98.5 Å². The molecule has 0 unspecified atom stereocenters. The maximum atomic E-state index is 13.0. The van der Waals surface area contributed by atoms with Gasteiger partial charge in [-0.15, -0.1) is 0 Å². The SMILES string of the molecule is COc1cccc([C@H](NS(=O)(=O)c2ccc([N+](=O)[O-])cc2)c2ccc(Br)cc2)c1. The number of hydrogen-bond donors (Lipinski definition) is 1. The average molecular weight is 477 g/mol. The van der Waals surface area contributed by atoms with Crippen LogP contribution in [0.5, 0.6) is 5.75 Å². The number of hydrogen-bond acceptors (Lipinski definition) is 5. The molecule has 1 atom stereocenters. The largest absolute Gasteiger partial charge is 0.497 e. The molecule has 0 heterocycles. The smallest absolute Gasteiger partial charge is 0.269 e. The summed E-state index contributed by atoms with van der Waals surface area (Å²) in [6, 6.07) is 18.4. The second-order valence-electron chi connectivity index (χ2n) is 6.13. The van der Waals surface area contributed by atoms with Crippen LogP contribution in [-0.2, 0) is 10.0 Å². The van der Waals surface area contributed by atoms with Gasteiger partial charge in [0.15, 0.2) is 0 Å². The van der Waals surface area contributed by atoms with Crippen molar-refractivity contribution in [1.82, 2.24) is 4.72 Å². The molecule has 7 nitrogen and oxygen atoms in total. The molecule has 0 saturated heterocycles. The van der Waals surface area contributed by atoms with Crippen molar-refractivity contribution in [1.29, 1.82) is 0 Å². The summed E-state index contributed by atoms with van der Waals surface area (Å²) in [5, 5.41) is 10.8. The average Bonchev–Trinajstić information content (AvgIpc) is 2.73. The van der Waals surface area contributed by atoms with Crippen LogP contribution in [0, 0.1) is 10.1 Å². The van der Waals surface area contributed by atoms with Gasteiger partial charge in [-0.2, -0.15) is 4.72 Å². The Bertz CT molecular complexity index is 1120. The molecule has 0 spiro atoms. The lowest BCUT2D eigenvalue weighted by Gasteiger charge is -2.20. The monoisotopic (exact) mass is 476 g/mol. The van der Waals surface area contributed by atoms with E-state index in [2.05, 4.69) is 20.7 Å². The minimum Gasteiger partial charge on any atom is -0.497 e. The van der Waals surface area contributed by atoms with E-state index in [1.165, 1.54) is 19.2 Å². The Hall–Kier alpha value is -2.75. The molecule has 150 valence electrons. The van der Waals surface area contributed by atoms with Crippen LogP contribution in [0.2, 0.25) is 0 Å². The van der Waals surface area contributed by atoms with Crippen molar-refractivity contribution < 1.29 is 18.1 Å². The molecule has 29 heavy (non-hydrogen) atoms. The molecular formula is C20H17BrN2O5S. The Morgan fingerprint density at radius 1 is 1.00 bits per heavy atom. The molecule has 0 fully saturated rings. The topological polar surface area (TPSA) is 98.5 Å². The first-order valence-electron chi connectivity index (χ1n) is 8.46. The molecule has 0 saturated carbocycles. The highest BCUT2D eigenvalue weighted by molar-refractivity contribution is 9.10. The molecule has 0 aromatic heterocycles. The fourth-order valence-electron chi connectivity index (χ4n) is 2.78. The van der Waals surface area contributed by atoms with Crippen molar-refractivity contribution in [2.45, 2.75) is 10.9 Å². The number of non-ortho nitro benzene ring substituents is 1. The molecule has 3 aromatic carbocycles. The quantitative estimate of drug-likeness (QED) is 0.401. The number of methoxy groups -OCH3 is 1. The van der Waals surface area contributed by atoms with Gasteiger partial charge in [0.1, 0.15) is 5.75 Å². The van der Waals surface area contributed by atoms with Crippen molar-refractivity contribution >= 4 is 31.6 Å². The zero-order valence-electron chi connectivity index (χ0n) is 15.3. The van der Waals surface area contributed by atoms with E-state index in [1.54, 1.807) is 24.3 Å². The van der Waals surface area contributed by atoms with Crippen molar-refractivity contribution in [2.24, 2.45) is 0 Å². The summed E-state index contributed by atoms with van der Waals surface area (Å²) >= 11 is 3.38. The zero-order chi connectivity index (χ0) is 21.0. The molecule has 0 bridgehead atoms. The normalized spacial score (nSPS) is 12.3. The zero-order valence-corrected chi connectivity index (χ0v) is 17.7. The van der Waals surface area contributed by atoms with E-state index < -0.39 is 21.0 Å². The number of halogens is 1.